The quantitative estimate of drug-likeness (QED) is 0.440. The van der Waals surface area contributed by atoms with Crippen molar-refractivity contribution in [2.45, 2.75) is 12.8 Å². The summed E-state index contributed by atoms with van der Waals surface area (Å²) in [6.45, 7) is 1.95. The Bertz CT molecular complexity index is 601. The Morgan fingerprint density at radius 3 is 1.83 bits per heavy atom. The fourth-order valence-electron chi connectivity index (χ4n) is 2.67. The minimum Gasteiger partial charge on any atom is -0.465 e. The van der Waals surface area contributed by atoms with Gasteiger partial charge in [0, 0.05) is 5.92 Å². The van der Waals surface area contributed by atoms with E-state index in [2.05, 4.69) is 0 Å². The fraction of sp³-hybridized carbons (Fsp3) is 0.263. The molecule has 2 aromatic carbocycles. The van der Waals surface area contributed by atoms with Gasteiger partial charge in [-0.05, 0) is 18.1 Å². The molecule has 0 aliphatic heterocycles. The molecule has 0 N–H and O–H groups in total. The first-order valence-corrected chi connectivity index (χ1v) is 8.07. The van der Waals surface area contributed by atoms with Gasteiger partial charge in [0.05, 0.1) is 12.5 Å². The van der Waals surface area contributed by atoms with Crippen LogP contribution in [0.15, 0.2) is 60.7 Å². The van der Waals surface area contributed by atoms with Gasteiger partial charge in [0.2, 0.25) is 0 Å². The first-order valence-electron chi connectivity index (χ1n) is 7.54. The van der Waals surface area contributed by atoms with Crippen molar-refractivity contribution < 1.29 is 14.3 Å². The zero-order valence-corrected chi connectivity index (χ0v) is 13.7. The molecule has 0 spiro atoms. The summed E-state index contributed by atoms with van der Waals surface area (Å²) in [5, 5.41) is 0. The lowest BCUT2D eigenvalue weighted by atomic mass is 9.79. The van der Waals surface area contributed by atoms with Crippen molar-refractivity contribution in [3.63, 3.8) is 0 Å². The summed E-state index contributed by atoms with van der Waals surface area (Å²) in [5.41, 5.74) is 1.77. The van der Waals surface area contributed by atoms with Crippen molar-refractivity contribution >= 4 is 23.4 Å². The molecule has 1 atom stereocenters. The number of alkyl halides is 1. The lowest BCUT2D eigenvalue weighted by molar-refractivity contribution is -0.151. The molecule has 0 aromatic heterocycles. The van der Waals surface area contributed by atoms with Crippen LogP contribution in [-0.4, -0.2) is 24.2 Å². The molecule has 1 unspecified atom stereocenters. The number of ether oxygens (including phenoxy) is 1. The second kappa shape index (κ2) is 8.49. The maximum Gasteiger partial charge on any atom is 0.317 e. The molecule has 0 saturated heterocycles. The molecule has 0 aliphatic carbocycles. The molecule has 2 rings (SSSR count). The van der Waals surface area contributed by atoms with E-state index < -0.39 is 17.8 Å². The number of carbonyl (C=O) groups excluding carboxylic acids is 2. The van der Waals surface area contributed by atoms with Crippen LogP contribution in [0, 0.1) is 5.92 Å². The third kappa shape index (κ3) is 4.20. The van der Waals surface area contributed by atoms with Crippen molar-refractivity contribution in [1.29, 1.82) is 0 Å². The maximum absolute atomic E-state index is 12.4. The van der Waals surface area contributed by atoms with Crippen molar-refractivity contribution in [1.82, 2.24) is 0 Å². The van der Waals surface area contributed by atoms with E-state index in [0.29, 0.717) is 0 Å². The number of halogens is 1. The van der Waals surface area contributed by atoms with Crippen LogP contribution in [0.1, 0.15) is 24.0 Å². The Morgan fingerprint density at radius 1 is 0.957 bits per heavy atom. The topological polar surface area (TPSA) is 43.4 Å². The number of carbonyl (C=O) groups is 2. The van der Waals surface area contributed by atoms with Gasteiger partial charge in [-0.2, -0.15) is 0 Å². The minimum atomic E-state index is -0.947. The molecule has 4 heteroatoms. The molecular formula is C19H19ClO3. The first kappa shape index (κ1) is 17.2. The summed E-state index contributed by atoms with van der Waals surface area (Å²) in [6, 6.07) is 19.0. The largest absolute Gasteiger partial charge is 0.465 e. The van der Waals surface area contributed by atoms with Crippen LogP contribution >= 0.6 is 11.6 Å². The fourth-order valence-corrected chi connectivity index (χ4v) is 2.83. The number of rotatable bonds is 7. The zero-order chi connectivity index (χ0) is 16.7. The highest BCUT2D eigenvalue weighted by Crippen LogP contribution is 2.33. The first-order chi connectivity index (χ1) is 11.2. The summed E-state index contributed by atoms with van der Waals surface area (Å²) in [6.07, 6.45) is 0. The summed E-state index contributed by atoms with van der Waals surface area (Å²) in [7, 11) is 0. The average molecular weight is 331 g/mol. The Morgan fingerprint density at radius 2 is 1.43 bits per heavy atom. The molecule has 3 nitrogen and oxygen atoms in total. The number of esters is 1. The molecule has 23 heavy (non-hydrogen) atoms. The Balaban J connectivity index is 2.53. The van der Waals surface area contributed by atoms with Gasteiger partial charge in [-0.1, -0.05) is 60.7 Å². The van der Waals surface area contributed by atoms with Crippen LogP contribution in [0.3, 0.4) is 0 Å². The highest BCUT2D eigenvalue weighted by Gasteiger charge is 2.37. The summed E-state index contributed by atoms with van der Waals surface area (Å²) < 4.78 is 5.13. The predicted octanol–water partition coefficient (Wildman–Crippen LogP) is 3.81. The summed E-state index contributed by atoms with van der Waals surface area (Å²) in [5.74, 6) is -2.45. The third-order valence-electron chi connectivity index (χ3n) is 3.67. The second-order valence-corrected chi connectivity index (χ2v) is 5.40. The molecule has 2 aromatic rings. The molecule has 0 saturated carbocycles. The summed E-state index contributed by atoms with van der Waals surface area (Å²) >= 11 is 5.75. The number of benzene rings is 2. The van der Waals surface area contributed by atoms with E-state index in [1.807, 2.05) is 60.7 Å². The third-order valence-corrected chi connectivity index (χ3v) is 3.93. The maximum atomic E-state index is 12.4. The van der Waals surface area contributed by atoms with E-state index in [9.17, 15) is 9.59 Å². The van der Waals surface area contributed by atoms with E-state index in [-0.39, 0.29) is 18.3 Å². The van der Waals surface area contributed by atoms with Gasteiger partial charge in [0.15, 0.2) is 5.78 Å². The highest BCUT2D eigenvalue weighted by atomic mass is 35.5. The van der Waals surface area contributed by atoms with Crippen molar-refractivity contribution in [3.05, 3.63) is 71.8 Å². The second-order valence-electron chi connectivity index (χ2n) is 5.13. The molecule has 0 amide bonds. The van der Waals surface area contributed by atoms with Gasteiger partial charge in [-0.3, -0.25) is 9.59 Å². The molecule has 0 heterocycles. The highest BCUT2D eigenvalue weighted by molar-refractivity contribution is 6.29. The molecule has 120 valence electrons. The van der Waals surface area contributed by atoms with E-state index in [1.165, 1.54) is 0 Å². The van der Waals surface area contributed by atoms with Crippen molar-refractivity contribution in [3.8, 4) is 0 Å². The molecular weight excluding hydrogens is 312 g/mol. The van der Waals surface area contributed by atoms with Gasteiger partial charge in [-0.25, -0.2) is 0 Å². The van der Waals surface area contributed by atoms with E-state index >= 15 is 0 Å². The van der Waals surface area contributed by atoms with Gasteiger partial charge in [0.1, 0.15) is 5.92 Å². The zero-order valence-electron chi connectivity index (χ0n) is 12.9. The minimum absolute atomic E-state index is 0.223. The van der Waals surface area contributed by atoms with E-state index in [4.69, 9.17) is 16.3 Å². The molecule has 0 fully saturated rings. The van der Waals surface area contributed by atoms with Crippen molar-refractivity contribution in [2.75, 3.05) is 12.5 Å². The molecule has 0 bridgehead atoms. The monoisotopic (exact) mass is 330 g/mol. The van der Waals surface area contributed by atoms with Crippen LogP contribution in [0.4, 0.5) is 0 Å². The Labute approximate surface area is 141 Å². The van der Waals surface area contributed by atoms with Crippen LogP contribution in [0.25, 0.3) is 0 Å². The Hall–Kier alpha value is -2.13. The predicted molar refractivity (Wildman–Crippen MR) is 90.6 cm³/mol. The number of hydrogen-bond acceptors (Lipinski definition) is 3. The van der Waals surface area contributed by atoms with Crippen LogP contribution in [-0.2, 0) is 14.3 Å². The van der Waals surface area contributed by atoms with Crippen LogP contribution < -0.4 is 0 Å². The van der Waals surface area contributed by atoms with Crippen LogP contribution in [0.2, 0.25) is 0 Å². The Kier molecular flexibility index (Phi) is 6.36. The average Bonchev–Trinajstić information content (AvgIpc) is 2.60. The molecule has 0 radical (unpaired) electrons. The van der Waals surface area contributed by atoms with Gasteiger partial charge >= 0.3 is 5.97 Å². The smallest absolute Gasteiger partial charge is 0.317 e. The number of hydrogen-bond donors (Lipinski definition) is 0. The van der Waals surface area contributed by atoms with Gasteiger partial charge < -0.3 is 4.74 Å². The molecule has 0 aliphatic rings. The standard InChI is InChI=1S/C19H19ClO3/c1-2-23-19(22)18(16(21)13-20)17(14-9-5-3-6-10-14)15-11-7-4-8-12-15/h3-12,17-18H,2,13H2,1H3. The summed E-state index contributed by atoms with van der Waals surface area (Å²) in [4.78, 5) is 24.8. The van der Waals surface area contributed by atoms with Gasteiger partial charge in [-0.15, -0.1) is 11.6 Å². The lowest BCUT2D eigenvalue weighted by Gasteiger charge is -2.25. The SMILES string of the molecule is CCOC(=O)C(C(=O)CCl)C(c1ccccc1)c1ccccc1. The number of Topliss-reactive ketones (excluding diaryl/α,β-unsaturated/α-hetero) is 1. The van der Waals surface area contributed by atoms with E-state index in [1.54, 1.807) is 6.92 Å². The normalized spacial score (nSPS) is 12.0. The van der Waals surface area contributed by atoms with Crippen LogP contribution in [0.5, 0.6) is 0 Å². The number of ketones is 1. The lowest BCUT2D eigenvalue weighted by Crippen LogP contribution is -2.33. The van der Waals surface area contributed by atoms with Crippen molar-refractivity contribution in [2.24, 2.45) is 5.92 Å². The van der Waals surface area contributed by atoms with E-state index in [0.717, 1.165) is 11.1 Å². The van der Waals surface area contributed by atoms with Gasteiger partial charge in [0.25, 0.3) is 0 Å².